The van der Waals surface area contributed by atoms with Crippen molar-refractivity contribution in [3.63, 3.8) is 0 Å². The molecule has 3 aromatic rings. The highest BCUT2D eigenvalue weighted by Gasteiger charge is 2.11. The molecule has 0 radical (unpaired) electrons. The molecule has 0 saturated heterocycles. The fourth-order valence-electron chi connectivity index (χ4n) is 2.83. The molecule has 0 aliphatic heterocycles. The number of aryl methyl sites for hydroxylation is 1. The van der Waals surface area contributed by atoms with Crippen molar-refractivity contribution in [1.29, 1.82) is 5.26 Å². The Labute approximate surface area is 191 Å². The van der Waals surface area contributed by atoms with Crippen LogP contribution in [0.1, 0.15) is 34.7 Å². The molecule has 0 unspecified atom stereocenters. The third-order valence-corrected chi connectivity index (χ3v) is 5.19. The number of halogens is 1. The molecule has 5 nitrogen and oxygen atoms in total. The first kappa shape index (κ1) is 22.4. The van der Waals surface area contributed by atoms with E-state index in [1.165, 1.54) is 5.56 Å². The number of ether oxygens (including phenoxy) is 2. The fraction of sp³-hybridized carbons (Fsp3) is 0.200. The van der Waals surface area contributed by atoms with Crippen molar-refractivity contribution >= 4 is 22.1 Å². The molecule has 6 heteroatoms. The zero-order valence-corrected chi connectivity index (χ0v) is 19.1. The van der Waals surface area contributed by atoms with Crippen LogP contribution in [0.5, 0.6) is 11.5 Å². The first-order valence-corrected chi connectivity index (χ1v) is 10.7. The van der Waals surface area contributed by atoms with Gasteiger partial charge in [0.25, 0.3) is 0 Å². The van der Waals surface area contributed by atoms with Crippen LogP contribution in [0.15, 0.2) is 70.3 Å². The summed E-state index contributed by atoms with van der Waals surface area (Å²) >= 11 is 3.56. The van der Waals surface area contributed by atoms with E-state index in [4.69, 9.17) is 19.6 Å². The molecule has 0 heterocycles. The SMILES string of the molecule is CCOc1cc(/C=N\OCc2ccccc2C#N)c(Br)cc1OCc1ccc(C)cc1. The molecule has 0 atom stereocenters. The van der Waals surface area contributed by atoms with Crippen LogP contribution in [0.3, 0.4) is 0 Å². The molecule has 0 N–H and O–H groups in total. The van der Waals surface area contributed by atoms with Crippen molar-refractivity contribution in [1.82, 2.24) is 0 Å². The summed E-state index contributed by atoms with van der Waals surface area (Å²) in [7, 11) is 0. The van der Waals surface area contributed by atoms with E-state index in [-0.39, 0.29) is 6.61 Å². The first-order chi connectivity index (χ1) is 15.1. The lowest BCUT2D eigenvalue weighted by Crippen LogP contribution is -2.01. The average Bonchev–Trinajstić information content (AvgIpc) is 2.78. The van der Waals surface area contributed by atoms with Gasteiger partial charge < -0.3 is 14.3 Å². The Balaban J connectivity index is 1.69. The Morgan fingerprint density at radius 3 is 2.48 bits per heavy atom. The van der Waals surface area contributed by atoms with Crippen LogP contribution in [-0.4, -0.2) is 12.8 Å². The van der Waals surface area contributed by atoms with Crippen LogP contribution in [0.2, 0.25) is 0 Å². The Morgan fingerprint density at radius 2 is 1.74 bits per heavy atom. The maximum Gasteiger partial charge on any atom is 0.162 e. The zero-order chi connectivity index (χ0) is 22.1. The molecular formula is C25H23BrN2O3. The summed E-state index contributed by atoms with van der Waals surface area (Å²) < 4.78 is 12.6. The van der Waals surface area contributed by atoms with Gasteiger partial charge in [0, 0.05) is 15.6 Å². The van der Waals surface area contributed by atoms with E-state index in [0.29, 0.717) is 30.3 Å². The molecule has 0 fully saturated rings. The highest BCUT2D eigenvalue weighted by atomic mass is 79.9. The van der Waals surface area contributed by atoms with Crippen LogP contribution in [-0.2, 0) is 18.1 Å². The molecular weight excluding hydrogens is 456 g/mol. The van der Waals surface area contributed by atoms with Crippen molar-refractivity contribution in [2.24, 2.45) is 5.16 Å². The van der Waals surface area contributed by atoms with Crippen LogP contribution in [0.4, 0.5) is 0 Å². The quantitative estimate of drug-likeness (QED) is 0.273. The number of oxime groups is 1. The van der Waals surface area contributed by atoms with Gasteiger partial charge in [0.2, 0.25) is 0 Å². The lowest BCUT2D eigenvalue weighted by molar-refractivity contribution is 0.132. The van der Waals surface area contributed by atoms with E-state index in [1.807, 2.05) is 49.4 Å². The van der Waals surface area contributed by atoms with Crippen molar-refractivity contribution in [2.45, 2.75) is 27.1 Å². The van der Waals surface area contributed by atoms with Gasteiger partial charge in [-0.25, -0.2) is 0 Å². The molecule has 0 saturated carbocycles. The number of nitrogens with zero attached hydrogens (tertiary/aromatic N) is 2. The van der Waals surface area contributed by atoms with Gasteiger partial charge in [-0.1, -0.05) is 53.2 Å². The van der Waals surface area contributed by atoms with Gasteiger partial charge in [-0.3, -0.25) is 0 Å². The van der Waals surface area contributed by atoms with Gasteiger partial charge >= 0.3 is 0 Å². The molecule has 3 rings (SSSR count). The number of nitriles is 1. The van der Waals surface area contributed by atoms with Crippen LogP contribution in [0, 0.1) is 18.3 Å². The number of hydrogen-bond acceptors (Lipinski definition) is 5. The van der Waals surface area contributed by atoms with E-state index in [2.05, 4.69) is 46.2 Å². The summed E-state index contributed by atoms with van der Waals surface area (Å²) in [6, 6.07) is 21.4. The van der Waals surface area contributed by atoms with Crippen molar-refractivity contribution in [2.75, 3.05) is 6.61 Å². The molecule has 0 aliphatic carbocycles. The first-order valence-electron chi connectivity index (χ1n) is 9.88. The summed E-state index contributed by atoms with van der Waals surface area (Å²) in [6.45, 7) is 5.16. The molecule has 31 heavy (non-hydrogen) atoms. The Hall–Kier alpha value is -3.30. The maximum atomic E-state index is 9.15. The zero-order valence-electron chi connectivity index (χ0n) is 17.5. The largest absolute Gasteiger partial charge is 0.490 e. The van der Waals surface area contributed by atoms with E-state index < -0.39 is 0 Å². The summed E-state index contributed by atoms with van der Waals surface area (Å²) in [5.41, 5.74) is 4.45. The Bertz CT molecular complexity index is 1090. The second kappa shape index (κ2) is 11.2. The Kier molecular flexibility index (Phi) is 8.08. The number of rotatable bonds is 9. The highest BCUT2D eigenvalue weighted by molar-refractivity contribution is 9.10. The van der Waals surface area contributed by atoms with Gasteiger partial charge in [-0.2, -0.15) is 5.26 Å². The number of hydrogen-bond donors (Lipinski definition) is 0. The fourth-order valence-corrected chi connectivity index (χ4v) is 3.26. The minimum Gasteiger partial charge on any atom is -0.490 e. The van der Waals surface area contributed by atoms with Gasteiger partial charge in [0.05, 0.1) is 24.5 Å². The molecule has 3 aromatic carbocycles. The topological polar surface area (TPSA) is 63.8 Å². The van der Waals surface area contributed by atoms with E-state index in [1.54, 1.807) is 12.3 Å². The monoisotopic (exact) mass is 478 g/mol. The normalized spacial score (nSPS) is 10.6. The van der Waals surface area contributed by atoms with Gasteiger partial charge in [-0.05, 0) is 53.5 Å². The van der Waals surface area contributed by atoms with Crippen molar-refractivity contribution < 1.29 is 14.3 Å². The van der Waals surface area contributed by atoms with Crippen molar-refractivity contribution in [3.8, 4) is 17.6 Å². The van der Waals surface area contributed by atoms with Crippen molar-refractivity contribution in [3.05, 3.63) is 93.0 Å². The summed E-state index contributed by atoms with van der Waals surface area (Å²) in [5, 5.41) is 13.2. The standard InChI is InChI=1S/C25H23BrN2O3/c1-3-29-24-12-22(15-28-31-17-21-7-5-4-6-20(21)14-27)23(26)13-25(24)30-16-19-10-8-18(2)9-11-19/h4-13,15H,3,16-17H2,1-2H3/b28-15-. The molecule has 0 spiro atoms. The third-order valence-electron chi connectivity index (χ3n) is 4.50. The molecule has 0 aliphatic rings. The molecule has 0 aromatic heterocycles. The third kappa shape index (κ3) is 6.34. The lowest BCUT2D eigenvalue weighted by atomic mass is 10.1. The van der Waals surface area contributed by atoms with Gasteiger partial charge in [0.15, 0.2) is 11.5 Å². The highest BCUT2D eigenvalue weighted by Crippen LogP contribution is 2.34. The van der Waals surface area contributed by atoms with Crippen LogP contribution < -0.4 is 9.47 Å². The summed E-state index contributed by atoms with van der Waals surface area (Å²) in [6.07, 6.45) is 1.60. The van der Waals surface area contributed by atoms with Crippen LogP contribution >= 0.6 is 15.9 Å². The van der Waals surface area contributed by atoms with E-state index in [0.717, 1.165) is 21.2 Å². The average molecular weight is 479 g/mol. The lowest BCUT2D eigenvalue weighted by Gasteiger charge is -2.14. The van der Waals surface area contributed by atoms with Gasteiger partial charge in [-0.15, -0.1) is 0 Å². The maximum absolute atomic E-state index is 9.15. The second-order valence-electron chi connectivity index (χ2n) is 6.80. The Morgan fingerprint density at radius 1 is 1.00 bits per heavy atom. The molecule has 0 bridgehead atoms. The summed E-state index contributed by atoms with van der Waals surface area (Å²) in [5.74, 6) is 1.28. The van der Waals surface area contributed by atoms with E-state index in [9.17, 15) is 0 Å². The molecule has 0 amide bonds. The minimum atomic E-state index is 0.216. The molecule has 158 valence electrons. The second-order valence-corrected chi connectivity index (χ2v) is 7.66. The summed E-state index contributed by atoms with van der Waals surface area (Å²) in [4.78, 5) is 5.39. The smallest absolute Gasteiger partial charge is 0.162 e. The van der Waals surface area contributed by atoms with Crippen LogP contribution in [0.25, 0.3) is 0 Å². The van der Waals surface area contributed by atoms with Gasteiger partial charge in [0.1, 0.15) is 13.2 Å². The number of benzene rings is 3. The minimum absolute atomic E-state index is 0.216. The van der Waals surface area contributed by atoms with E-state index >= 15 is 0 Å². The predicted octanol–water partition coefficient (Wildman–Crippen LogP) is 6.16. The predicted molar refractivity (Wildman–Crippen MR) is 124 cm³/mol.